The summed E-state index contributed by atoms with van der Waals surface area (Å²) >= 11 is 2.97. The van der Waals surface area contributed by atoms with E-state index in [0.29, 0.717) is 17.5 Å². The molecule has 22 heavy (non-hydrogen) atoms. The van der Waals surface area contributed by atoms with Crippen LogP contribution in [0.2, 0.25) is 0 Å². The Morgan fingerprint density at radius 1 is 1.41 bits per heavy atom. The van der Waals surface area contributed by atoms with Crippen LogP contribution in [0.25, 0.3) is 10.2 Å². The van der Waals surface area contributed by atoms with Gasteiger partial charge in [0.05, 0.1) is 17.2 Å². The van der Waals surface area contributed by atoms with Crippen molar-refractivity contribution >= 4 is 33.3 Å². The minimum atomic E-state index is 0.0183. The van der Waals surface area contributed by atoms with Gasteiger partial charge >= 0.3 is 0 Å². The van der Waals surface area contributed by atoms with Gasteiger partial charge < -0.3 is 0 Å². The van der Waals surface area contributed by atoms with Gasteiger partial charge in [-0.25, -0.2) is 4.98 Å². The fourth-order valence-corrected chi connectivity index (χ4v) is 4.87. The number of thioether (sulfide) groups is 1. The lowest BCUT2D eigenvalue weighted by Gasteiger charge is -2.09. The Hall–Kier alpha value is -1.58. The fourth-order valence-electron chi connectivity index (χ4n) is 2.89. The molecule has 0 fully saturated rings. The van der Waals surface area contributed by atoms with Crippen molar-refractivity contribution in [3.8, 4) is 6.07 Å². The predicted octanol–water partition coefficient (Wildman–Crippen LogP) is 3.53. The van der Waals surface area contributed by atoms with Crippen molar-refractivity contribution in [2.24, 2.45) is 0 Å². The van der Waals surface area contributed by atoms with Gasteiger partial charge in [-0.15, -0.1) is 17.9 Å². The second-order valence-electron chi connectivity index (χ2n) is 5.29. The minimum absolute atomic E-state index is 0.0183. The van der Waals surface area contributed by atoms with Gasteiger partial charge in [0.15, 0.2) is 5.16 Å². The monoisotopic (exact) mass is 331 g/mol. The molecule has 1 aliphatic rings. The standard InChI is InChI=1S/C16H17N3OS2/c1-2-9-19-15(20)13-11-6-4-3-5-7-12(11)22-14(13)18-16(19)21-10-8-17/h2H,1,3-7,9-10H2. The molecule has 0 spiro atoms. The van der Waals surface area contributed by atoms with Crippen molar-refractivity contribution in [2.45, 2.75) is 43.8 Å². The molecule has 2 aromatic rings. The van der Waals surface area contributed by atoms with Crippen molar-refractivity contribution in [3.05, 3.63) is 33.4 Å². The number of rotatable bonds is 4. The number of fused-ring (bicyclic) bond motifs is 3. The smallest absolute Gasteiger partial charge is 0.263 e. The molecule has 3 rings (SSSR count). The number of nitriles is 1. The molecule has 2 heterocycles. The molecular formula is C16H17N3OS2. The third kappa shape index (κ3) is 2.71. The van der Waals surface area contributed by atoms with Crippen LogP contribution in [0.3, 0.4) is 0 Å². The molecule has 0 saturated carbocycles. The van der Waals surface area contributed by atoms with Crippen LogP contribution in [0.1, 0.15) is 29.7 Å². The van der Waals surface area contributed by atoms with Gasteiger partial charge in [0.1, 0.15) is 4.83 Å². The average Bonchev–Trinajstić information content (AvgIpc) is 2.70. The highest BCUT2D eigenvalue weighted by atomic mass is 32.2. The van der Waals surface area contributed by atoms with E-state index in [1.165, 1.54) is 35.0 Å². The quantitative estimate of drug-likeness (QED) is 0.372. The Bertz CT molecular complexity index is 813. The molecule has 0 radical (unpaired) electrons. The van der Waals surface area contributed by atoms with Crippen molar-refractivity contribution in [2.75, 3.05) is 5.75 Å². The van der Waals surface area contributed by atoms with Crippen LogP contribution in [0.5, 0.6) is 0 Å². The first-order valence-corrected chi connectivity index (χ1v) is 9.22. The number of allylic oxidation sites excluding steroid dienone is 1. The number of hydrogen-bond donors (Lipinski definition) is 0. The first kappa shape index (κ1) is 15.3. The molecule has 2 aromatic heterocycles. The second-order valence-corrected chi connectivity index (χ2v) is 7.32. The van der Waals surface area contributed by atoms with Crippen molar-refractivity contribution in [3.63, 3.8) is 0 Å². The van der Waals surface area contributed by atoms with Crippen LogP contribution in [-0.4, -0.2) is 15.3 Å². The maximum Gasteiger partial charge on any atom is 0.263 e. The van der Waals surface area contributed by atoms with Gasteiger partial charge in [0.2, 0.25) is 0 Å². The van der Waals surface area contributed by atoms with Crippen LogP contribution in [-0.2, 0) is 19.4 Å². The molecule has 0 amide bonds. The Morgan fingerprint density at radius 2 is 2.23 bits per heavy atom. The van der Waals surface area contributed by atoms with Crippen LogP contribution in [0.4, 0.5) is 0 Å². The normalized spacial score (nSPS) is 14.3. The highest BCUT2D eigenvalue weighted by Crippen LogP contribution is 2.34. The van der Waals surface area contributed by atoms with E-state index >= 15 is 0 Å². The van der Waals surface area contributed by atoms with E-state index in [-0.39, 0.29) is 5.56 Å². The Morgan fingerprint density at radius 3 is 3.00 bits per heavy atom. The zero-order valence-electron chi connectivity index (χ0n) is 12.3. The van der Waals surface area contributed by atoms with Gasteiger partial charge in [-0.2, -0.15) is 5.26 Å². The summed E-state index contributed by atoms with van der Waals surface area (Å²) in [7, 11) is 0. The fraction of sp³-hybridized carbons (Fsp3) is 0.438. The Balaban J connectivity index is 2.22. The second kappa shape index (κ2) is 6.67. The van der Waals surface area contributed by atoms with E-state index < -0.39 is 0 Å². The van der Waals surface area contributed by atoms with Gasteiger partial charge in [0.25, 0.3) is 5.56 Å². The molecular weight excluding hydrogens is 314 g/mol. The summed E-state index contributed by atoms with van der Waals surface area (Å²) in [6.45, 7) is 4.16. The van der Waals surface area contributed by atoms with Crippen molar-refractivity contribution in [1.82, 2.24) is 9.55 Å². The van der Waals surface area contributed by atoms with Crippen molar-refractivity contribution in [1.29, 1.82) is 5.26 Å². The number of aromatic nitrogens is 2. The van der Waals surface area contributed by atoms with Crippen LogP contribution >= 0.6 is 23.1 Å². The molecule has 0 N–H and O–H groups in total. The summed E-state index contributed by atoms with van der Waals surface area (Å²) in [6, 6.07) is 2.10. The predicted molar refractivity (Wildman–Crippen MR) is 91.7 cm³/mol. The molecule has 0 saturated heterocycles. The third-order valence-electron chi connectivity index (χ3n) is 3.87. The topological polar surface area (TPSA) is 58.7 Å². The lowest BCUT2D eigenvalue weighted by molar-refractivity contribution is 0.672. The van der Waals surface area contributed by atoms with E-state index in [2.05, 4.69) is 17.6 Å². The van der Waals surface area contributed by atoms with Crippen LogP contribution < -0.4 is 5.56 Å². The van der Waals surface area contributed by atoms with Gasteiger partial charge in [-0.05, 0) is 31.2 Å². The summed E-state index contributed by atoms with van der Waals surface area (Å²) in [4.78, 5) is 19.8. The number of hydrogen-bond acceptors (Lipinski definition) is 5. The highest BCUT2D eigenvalue weighted by Gasteiger charge is 2.21. The zero-order valence-corrected chi connectivity index (χ0v) is 13.9. The molecule has 0 aromatic carbocycles. The van der Waals surface area contributed by atoms with Gasteiger partial charge in [-0.1, -0.05) is 24.3 Å². The minimum Gasteiger partial charge on any atom is -0.283 e. The third-order valence-corrected chi connectivity index (χ3v) is 5.90. The summed E-state index contributed by atoms with van der Waals surface area (Å²) in [5, 5.41) is 10.2. The SMILES string of the molecule is C=CCn1c(SCC#N)nc2sc3c(c2c1=O)CCCCC3. The first-order chi connectivity index (χ1) is 10.8. The molecule has 0 unspecified atom stereocenters. The maximum absolute atomic E-state index is 12.9. The maximum atomic E-state index is 12.9. The lowest BCUT2D eigenvalue weighted by Crippen LogP contribution is -2.23. The van der Waals surface area contributed by atoms with Gasteiger partial charge in [0, 0.05) is 11.4 Å². The molecule has 114 valence electrons. The van der Waals surface area contributed by atoms with Crippen molar-refractivity contribution < 1.29 is 0 Å². The molecule has 0 aliphatic heterocycles. The van der Waals surface area contributed by atoms with E-state index in [0.717, 1.165) is 29.5 Å². The molecule has 0 atom stereocenters. The zero-order chi connectivity index (χ0) is 15.5. The largest absolute Gasteiger partial charge is 0.283 e. The molecule has 0 bridgehead atoms. The lowest BCUT2D eigenvalue weighted by atomic mass is 10.1. The first-order valence-electron chi connectivity index (χ1n) is 7.42. The molecule has 6 heteroatoms. The Labute approximate surface area is 137 Å². The van der Waals surface area contributed by atoms with E-state index in [4.69, 9.17) is 5.26 Å². The average molecular weight is 331 g/mol. The van der Waals surface area contributed by atoms with E-state index in [1.54, 1.807) is 22.0 Å². The van der Waals surface area contributed by atoms with E-state index in [9.17, 15) is 4.79 Å². The summed E-state index contributed by atoms with van der Waals surface area (Å²) in [5.74, 6) is 0.292. The summed E-state index contributed by atoms with van der Waals surface area (Å²) < 4.78 is 1.65. The van der Waals surface area contributed by atoms with Gasteiger partial charge in [-0.3, -0.25) is 9.36 Å². The molecule has 1 aliphatic carbocycles. The number of aryl methyl sites for hydroxylation is 2. The number of thiophene rings is 1. The Kier molecular flexibility index (Phi) is 4.65. The summed E-state index contributed by atoms with van der Waals surface area (Å²) in [5.41, 5.74) is 1.23. The molecule has 4 nitrogen and oxygen atoms in total. The van der Waals surface area contributed by atoms with Crippen LogP contribution in [0.15, 0.2) is 22.6 Å². The highest BCUT2D eigenvalue weighted by molar-refractivity contribution is 7.99. The number of nitrogens with zero attached hydrogens (tertiary/aromatic N) is 3. The summed E-state index contributed by atoms with van der Waals surface area (Å²) in [6.07, 6.45) is 7.30. The van der Waals surface area contributed by atoms with Crippen LogP contribution in [0, 0.1) is 11.3 Å². The van der Waals surface area contributed by atoms with E-state index in [1.807, 2.05) is 0 Å².